The van der Waals surface area contributed by atoms with E-state index in [1.807, 2.05) is 54.6 Å². The van der Waals surface area contributed by atoms with E-state index in [-0.39, 0.29) is 18.6 Å². The Kier molecular flexibility index (Phi) is 6.77. The first-order valence-corrected chi connectivity index (χ1v) is 7.91. The molecule has 0 aliphatic heterocycles. The van der Waals surface area contributed by atoms with Crippen molar-refractivity contribution in [3.63, 3.8) is 0 Å². The van der Waals surface area contributed by atoms with Gasteiger partial charge in [0.05, 0.1) is 13.2 Å². The van der Waals surface area contributed by atoms with Crippen LogP contribution in [0.1, 0.15) is 24.1 Å². The molecule has 0 unspecified atom stereocenters. The number of esters is 1. The predicted molar refractivity (Wildman–Crippen MR) is 95.2 cm³/mol. The van der Waals surface area contributed by atoms with E-state index in [1.165, 1.54) is 6.08 Å². The molecule has 25 heavy (non-hydrogen) atoms. The third kappa shape index (κ3) is 5.49. The molecule has 130 valence electrons. The van der Waals surface area contributed by atoms with Gasteiger partial charge in [0.15, 0.2) is 6.61 Å². The van der Waals surface area contributed by atoms with Crippen molar-refractivity contribution in [3.05, 3.63) is 77.9 Å². The standard InChI is InChI=1S/C20H21NO4/c1-3-7-19(23)25-14-18(22)21-20(15-8-5-4-6-9-15)16-10-12-17(24-2)13-11-16/h3-13,20H,14H2,1-2H3,(H,21,22)/b7-3+/t20-/m1/s1. The predicted octanol–water partition coefficient (Wildman–Crippen LogP) is 3.02. The van der Waals surface area contributed by atoms with Gasteiger partial charge in [0.2, 0.25) is 0 Å². The lowest BCUT2D eigenvalue weighted by Gasteiger charge is -2.20. The van der Waals surface area contributed by atoms with Gasteiger partial charge in [-0.25, -0.2) is 4.79 Å². The van der Waals surface area contributed by atoms with Gasteiger partial charge in [-0.1, -0.05) is 48.5 Å². The van der Waals surface area contributed by atoms with E-state index < -0.39 is 5.97 Å². The molecule has 2 rings (SSSR count). The van der Waals surface area contributed by atoms with Crippen molar-refractivity contribution in [2.24, 2.45) is 0 Å². The van der Waals surface area contributed by atoms with Gasteiger partial charge in [-0.15, -0.1) is 0 Å². The summed E-state index contributed by atoms with van der Waals surface area (Å²) in [6.45, 7) is 1.37. The summed E-state index contributed by atoms with van der Waals surface area (Å²) in [7, 11) is 1.60. The molecule has 1 atom stereocenters. The van der Waals surface area contributed by atoms with Crippen molar-refractivity contribution in [1.82, 2.24) is 5.32 Å². The normalized spacial score (nSPS) is 11.8. The number of methoxy groups -OCH3 is 1. The fourth-order valence-electron chi connectivity index (χ4n) is 2.32. The Morgan fingerprint density at radius 3 is 2.28 bits per heavy atom. The third-order valence-corrected chi connectivity index (χ3v) is 3.54. The van der Waals surface area contributed by atoms with Gasteiger partial charge in [-0.2, -0.15) is 0 Å². The van der Waals surface area contributed by atoms with E-state index in [9.17, 15) is 9.59 Å². The molecule has 0 aliphatic carbocycles. The summed E-state index contributed by atoms with van der Waals surface area (Å²) in [5.41, 5.74) is 1.83. The monoisotopic (exact) mass is 339 g/mol. The second-order valence-electron chi connectivity index (χ2n) is 5.29. The number of hydrogen-bond donors (Lipinski definition) is 1. The van der Waals surface area contributed by atoms with Crippen LogP contribution in [0.5, 0.6) is 5.75 Å². The van der Waals surface area contributed by atoms with Gasteiger partial charge < -0.3 is 14.8 Å². The second kappa shape index (κ2) is 9.27. The molecule has 2 aromatic carbocycles. The van der Waals surface area contributed by atoms with Crippen molar-refractivity contribution in [1.29, 1.82) is 0 Å². The van der Waals surface area contributed by atoms with Crippen LogP contribution in [0.4, 0.5) is 0 Å². The van der Waals surface area contributed by atoms with Gasteiger partial charge in [0, 0.05) is 6.08 Å². The number of carbonyl (C=O) groups is 2. The highest BCUT2D eigenvalue weighted by Crippen LogP contribution is 2.24. The molecule has 5 heteroatoms. The quantitative estimate of drug-likeness (QED) is 0.622. The van der Waals surface area contributed by atoms with Crippen LogP contribution in [-0.4, -0.2) is 25.6 Å². The fraction of sp³-hybridized carbons (Fsp3) is 0.200. The summed E-state index contributed by atoms with van der Waals surface area (Å²) in [5, 5.41) is 2.90. The summed E-state index contributed by atoms with van der Waals surface area (Å²) in [5.74, 6) is -0.178. The molecule has 0 aliphatic rings. The molecule has 0 heterocycles. The Hall–Kier alpha value is -3.08. The largest absolute Gasteiger partial charge is 0.497 e. The van der Waals surface area contributed by atoms with Crippen LogP contribution < -0.4 is 10.1 Å². The van der Waals surface area contributed by atoms with Crippen molar-refractivity contribution >= 4 is 11.9 Å². The Balaban J connectivity index is 2.14. The smallest absolute Gasteiger partial charge is 0.330 e. The molecular weight excluding hydrogens is 318 g/mol. The van der Waals surface area contributed by atoms with Gasteiger partial charge in [0.25, 0.3) is 5.91 Å². The highest BCUT2D eigenvalue weighted by atomic mass is 16.5. The summed E-state index contributed by atoms with van der Waals surface area (Å²) in [6, 6.07) is 16.7. The van der Waals surface area contributed by atoms with E-state index in [0.717, 1.165) is 16.9 Å². The Labute approximate surface area is 147 Å². The number of hydrogen-bond acceptors (Lipinski definition) is 4. The van der Waals surface area contributed by atoms with Gasteiger partial charge >= 0.3 is 5.97 Å². The lowest BCUT2D eigenvalue weighted by atomic mass is 9.98. The molecule has 1 N–H and O–H groups in total. The Bertz CT molecular complexity index is 723. The zero-order valence-electron chi connectivity index (χ0n) is 14.3. The summed E-state index contributed by atoms with van der Waals surface area (Å²) in [4.78, 5) is 23.5. The van der Waals surface area contributed by atoms with Crippen LogP contribution in [0.3, 0.4) is 0 Å². The van der Waals surface area contributed by atoms with Gasteiger partial charge in [-0.05, 0) is 30.2 Å². The fourth-order valence-corrected chi connectivity index (χ4v) is 2.32. The van der Waals surface area contributed by atoms with E-state index in [0.29, 0.717) is 0 Å². The SMILES string of the molecule is C/C=C/C(=O)OCC(=O)N[C@H](c1ccccc1)c1ccc(OC)cc1. The van der Waals surface area contributed by atoms with Crippen LogP contribution in [-0.2, 0) is 14.3 Å². The highest BCUT2D eigenvalue weighted by Gasteiger charge is 2.17. The summed E-state index contributed by atoms with van der Waals surface area (Å²) >= 11 is 0. The number of ether oxygens (including phenoxy) is 2. The molecule has 0 fully saturated rings. The zero-order chi connectivity index (χ0) is 18.1. The number of rotatable bonds is 7. The molecule has 0 aromatic heterocycles. The molecule has 1 amide bonds. The number of amides is 1. The maximum Gasteiger partial charge on any atom is 0.330 e. The van der Waals surface area contributed by atoms with Crippen molar-refractivity contribution in [3.8, 4) is 5.75 Å². The minimum Gasteiger partial charge on any atom is -0.497 e. The van der Waals surface area contributed by atoms with Gasteiger partial charge in [0.1, 0.15) is 5.75 Å². The first-order chi connectivity index (χ1) is 12.1. The number of allylic oxidation sites excluding steroid dienone is 1. The lowest BCUT2D eigenvalue weighted by molar-refractivity contribution is -0.144. The summed E-state index contributed by atoms with van der Waals surface area (Å²) < 4.78 is 10.1. The average Bonchev–Trinajstić information content (AvgIpc) is 2.65. The number of nitrogens with one attached hydrogen (secondary N) is 1. The van der Waals surface area contributed by atoms with E-state index in [4.69, 9.17) is 9.47 Å². The van der Waals surface area contributed by atoms with Crippen LogP contribution in [0, 0.1) is 0 Å². The average molecular weight is 339 g/mol. The molecular formula is C20H21NO4. The first kappa shape index (κ1) is 18.3. The molecule has 0 radical (unpaired) electrons. The minimum absolute atomic E-state index is 0.331. The second-order valence-corrected chi connectivity index (χ2v) is 5.29. The number of carbonyl (C=O) groups excluding carboxylic acids is 2. The maximum absolute atomic E-state index is 12.2. The summed E-state index contributed by atoms with van der Waals surface area (Å²) in [6.07, 6.45) is 2.83. The third-order valence-electron chi connectivity index (χ3n) is 3.54. The van der Waals surface area contributed by atoms with Crippen LogP contribution in [0.15, 0.2) is 66.7 Å². The molecule has 0 spiro atoms. The van der Waals surface area contributed by atoms with Crippen molar-refractivity contribution < 1.29 is 19.1 Å². The van der Waals surface area contributed by atoms with E-state index in [2.05, 4.69) is 5.32 Å². The lowest BCUT2D eigenvalue weighted by Crippen LogP contribution is -2.32. The Morgan fingerprint density at radius 1 is 1.04 bits per heavy atom. The first-order valence-electron chi connectivity index (χ1n) is 7.91. The zero-order valence-corrected chi connectivity index (χ0v) is 14.3. The number of benzene rings is 2. The van der Waals surface area contributed by atoms with Crippen LogP contribution in [0.25, 0.3) is 0 Å². The topological polar surface area (TPSA) is 64.6 Å². The molecule has 0 saturated heterocycles. The van der Waals surface area contributed by atoms with E-state index >= 15 is 0 Å². The highest BCUT2D eigenvalue weighted by molar-refractivity contribution is 5.85. The maximum atomic E-state index is 12.2. The Morgan fingerprint density at radius 2 is 1.68 bits per heavy atom. The molecule has 0 bridgehead atoms. The van der Waals surface area contributed by atoms with Gasteiger partial charge in [-0.3, -0.25) is 4.79 Å². The van der Waals surface area contributed by atoms with Crippen molar-refractivity contribution in [2.45, 2.75) is 13.0 Å². The molecule has 5 nitrogen and oxygen atoms in total. The van der Waals surface area contributed by atoms with Crippen molar-refractivity contribution in [2.75, 3.05) is 13.7 Å². The van der Waals surface area contributed by atoms with Crippen LogP contribution in [0.2, 0.25) is 0 Å². The molecule has 2 aromatic rings. The van der Waals surface area contributed by atoms with Crippen LogP contribution >= 0.6 is 0 Å². The minimum atomic E-state index is -0.543. The van der Waals surface area contributed by atoms with E-state index in [1.54, 1.807) is 20.1 Å². The molecule has 0 saturated carbocycles.